The van der Waals surface area contributed by atoms with Crippen LogP contribution < -0.4 is 11.1 Å². The largest absolute Gasteiger partial charge is 0.373 e. The molecule has 0 amide bonds. The summed E-state index contributed by atoms with van der Waals surface area (Å²) in [5.74, 6) is 0. The predicted molar refractivity (Wildman–Crippen MR) is 49.4 cm³/mol. The van der Waals surface area contributed by atoms with Crippen molar-refractivity contribution >= 4 is 12.0 Å². The normalized spacial score (nSPS) is 25.9. The van der Waals surface area contributed by atoms with E-state index in [0.717, 1.165) is 17.7 Å². The molecule has 1 aliphatic rings. The lowest BCUT2D eigenvalue weighted by molar-refractivity contribution is -0.108. The van der Waals surface area contributed by atoms with E-state index >= 15 is 0 Å². The van der Waals surface area contributed by atoms with Gasteiger partial charge in [0.15, 0.2) is 0 Å². The maximum atomic E-state index is 10.6. The second kappa shape index (κ2) is 3.14. The zero-order valence-electron chi connectivity index (χ0n) is 7.10. The van der Waals surface area contributed by atoms with Crippen LogP contribution in [-0.4, -0.2) is 23.4 Å². The Labute approximate surface area is 76.2 Å². The van der Waals surface area contributed by atoms with E-state index in [1.807, 2.05) is 12.1 Å². The van der Waals surface area contributed by atoms with E-state index in [9.17, 15) is 4.79 Å². The molecular weight excluding hydrogens is 166 g/mol. The average molecular weight is 177 g/mol. The third-order valence-corrected chi connectivity index (χ3v) is 2.25. The second-order valence-electron chi connectivity index (χ2n) is 3.17. The number of nitrogens with zero attached hydrogens (tertiary/aromatic N) is 1. The topological polar surface area (TPSA) is 68.0 Å². The fraction of sp³-hybridized carbons (Fsp3) is 0.333. The molecule has 4 nitrogen and oxygen atoms in total. The molecule has 1 aromatic heterocycles. The Morgan fingerprint density at radius 2 is 2.54 bits per heavy atom. The Morgan fingerprint density at radius 3 is 3.31 bits per heavy atom. The summed E-state index contributed by atoms with van der Waals surface area (Å²) in [5, 5.41) is 3.04. The fourth-order valence-electron chi connectivity index (χ4n) is 1.50. The molecule has 0 aromatic carbocycles. The molecule has 0 saturated heterocycles. The van der Waals surface area contributed by atoms with E-state index in [1.54, 1.807) is 6.20 Å². The molecule has 2 atom stereocenters. The molecule has 2 rings (SSSR count). The van der Waals surface area contributed by atoms with Crippen molar-refractivity contribution in [3.05, 3.63) is 24.0 Å². The summed E-state index contributed by atoms with van der Waals surface area (Å²) >= 11 is 0. The first-order chi connectivity index (χ1) is 6.31. The third-order valence-electron chi connectivity index (χ3n) is 2.25. The maximum Gasteiger partial charge on any atom is 0.143 e. The van der Waals surface area contributed by atoms with Gasteiger partial charge < -0.3 is 15.8 Å². The highest BCUT2D eigenvalue weighted by Gasteiger charge is 2.24. The van der Waals surface area contributed by atoms with Crippen molar-refractivity contribution in [2.45, 2.75) is 18.5 Å². The van der Waals surface area contributed by atoms with Gasteiger partial charge in [-0.15, -0.1) is 0 Å². The smallest absolute Gasteiger partial charge is 0.143 e. The lowest BCUT2D eigenvalue weighted by atomic mass is 9.99. The summed E-state index contributed by atoms with van der Waals surface area (Å²) in [7, 11) is 0. The zero-order valence-corrected chi connectivity index (χ0v) is 7.10. The molecule has 0 saturated carbocycles. The minimum atomic E-state index is -0.281. The Hall–Kier alpha value is -1.42. The number of hydrogen-bond donors (Lipinski definition) is 2. The van der Waals surface area contributed by atoms with E-state index in [2.05, 4.69) is 10.3 Å². The summed E-state index contributed by atoms with van der Waals surface area (Å²) in [5.41, 5.74) is 7.63. The molecule has 2 heterocycles. The van der Waals surface area contributed by atoms with E-state index < -0.39 is 0 Å². The predicted octanol–water partition coefficient (Wildman–Crippen LogP) is -0.0556. The lowest BCUT2D eigenvalue weighted by Gasteiger charge is -2.27. The van der Waals surface area contributed by atoms with Crippen molar-refractivity contribution in [3.8, 4) is 0 Å². The van der Waals surface area contributed by atoms with Crippen molar-refractivity contribution in [3.63, 3.8) is 0 Å². The molecule has 0 aliphatic carbocycles. The van der Waals surface area contributed by atoms with Gasteiger partial charge in [0.1, 0.15) is 6.29 Å². The third kappa shape index (κ3) is 1.40. The van der Waals surface area contributed by atoms with Crippen LogP contribution in [0.1, 0.15) is 5.69 Å². The van der Waals surface area contributed by atoms with E-state index in [-0.39, 0.29) is 12.1 Å². The Kier molecular flexibility index (Phi) is 1.98. The molecule has 3 N–H and O–H groups in total. The zero-order chi connectivity index (χ0) is 9.26. The monoisotopic (exact) mass is 177 g/mol. The van der Waals surface area contributed by atoms with Gasteiger partial charge in [0.2, 0.25) is 0 Å². The van der Waals surface area contributed by atoms with Crippen molar-refractivity contribution in [1.29, 1.82) is 0 Å². The number of nitrogens with two attached hydrogens (primary N) is 1. The van der Waals surface area contributed by atoms with Gasteiger partial charge in [-0.2, -0.15) is 0 Å². The summed E-state index contributed by atoms with van der Waals surface area (Å²) in [6, 6.07) is 3.30. The molecule has 2 unspecified atom stereocenters. The fourth-order valence-corrected chi connectivity index (χ4v) is 1.50. The number of anilines is 1. The lowest BCUT2D eigenvalue weighted by Crippen LogP contribution is -2.46. The van der Waals surface area contributed by atoms with Crippen LogP contribution in [0.3, 0.4) is 0 Å². The van der Waals surface area contributed by atoms with Crippen LogP contribution in [0.15, 0.2) is 18.3 Å². The standard InChI is InChI=1S/C9H11N3O/c10-6-4-8-7(2-1-3-11-8)12-9(6)5-13/h1-3,5-6,9,12H,4,10H2. The first kappa shape index (κ1) is 8.19. The maximum absolute atomic E-state index is 10.6. The first-order valence-corrected chi connectivity index (χ1v) is 4.22. The van der Waals surface area contributed by atoms with Gasteiger partial charge in [-0.3, -0.25) is 4.98 Å². The summed E-state index contributed by atoms with van der Waals surface area (Å²) in [4.78, 5) is 14.8. The highest BCUT2D eigenvalue weighted by Crippen LogP contribution is 2.20. The van der Waals surface area contributed by atoms with Crippen molar-refractivity contribution in [2.75, 3.05) is 5.32 Å². The van der Waals surface area contributed by atoms with Crippen LogP contribution in [0, 0.1) is 0 Å². The Bertz CT molecular complexity index is 326. The molecule has 0 bridgehead atoms. The van der Waals surface area contributed by atoms with Crippen LogP contribution in [0.4, 0.5) is 5.69 Å². The van der Waals surface area contributed by atoms with Crippen molar-refractivity contribution < 1.29 is 4.79 Å². The van der Waals surface area contributed by atoms with Crippen LogP contribution in [0.25, 0.3) is 0 Å². The summed E-state index contributed by atoms with van der Waals surface area (Å²) < 4.78 is 0. The number of carbonyl (C=O) groups is 1. The van der Waals surface area contributed by atoms with Crippen LogP contribution in [0.5, 0.6) is 0 Å². The molecule has 4 heteroatoms. The summed E-state index contributed by atoms with van der Waals surface area (Å²) in [6.45, 7) is 0. The number of rotatable bonds is 1. The number of pyridine rings is 1. The van der Waals surface area contributed by atoms with Crippen LogP contribution >= 0.6 is 0 Å². The number of aromatic nitrogens is 1. The molecule has 0 fully saturated rings. The SMILES string of the molecule is NC1Cc2ncccc2NC1C=O. The van der Waals surface area contributed by atoms with Crippen LogP contribution in [0.2, 0.25) is 0 Å². The molecule has 13 heavy (non-hydrogen) atoms. The second-order valence-corrected chi connectivity index (χ2v) is 3.17. The van der Waals surface area contributed by atoms with Crippen LogP contribution in [-0.2, 0) is 11.2 Å². The average Bonchev–Trinajstić information content (AvgIpc) is 2.17. The van der Waals surface area contributed by atoms with E-state index in [0.29, 0.717) is 6.42 Å². The number of fused-ring (bicyclic) bond motifs is 1. The van der Waals surface area contributed by atoms with Gasteiger partial charge in [0.25, 0.3) is 0 Å². The van der Waals surface area contributed by atoms with Gasteiger partial charge >= 0.3 is 0 Å². The number of hydrogen-bond acceptors (Lipinski definition) is 4. The number of nitrogens with one attached hydrogen (secondary N) is 1. The number of aldehydes is 1. The molecular formula is C9H11N3O. The molecule has 68 valence electrons. The van der Waals surface area contributed by atoms with Gasteiger partial charge in [0.05, 0.1) is 17.4 Å². The van der Waals surface area contributed by atoms with E-state index in [1.165, 1.54) is 0 Å². The van der Waals surface area contributed by atoms with E-state index in [4.69, 9.17) is 5.73 Å². The first-order valence-electron chi connectivity index (χ1n) is 4.22. The molecule has 1 aliphatic heterocycles. The van der Waals surface area contributed by atoms with Gasteiger partial charge in [-0.1, -0.05) is 0 Å². The van der Waals surface area contributed by atoms with Crippen molar-refractivity contribution in [1.82, 2.24) is 4.98 Å². The molecule has 0 radical (unpaired) electrons. The van der Waals surface area contributed by atoms with Gasteiger partial charge in [-0.25, -0.2) is 0 Å². The van der Waals surface area contributed by atoms with Gasteiger partial charge in [0, 0.05) is 18.7 Å². The minimum Gasteiger partial charge on any atom is -0.373 e. The van der Waals surface area contributed by atoms with Gasteiger partial charge in [-0.05, 0) is 12.1 Å². The highest BCUT2D eigenvalue weighted by atomic mass is 16.1. The quantitative estimate of drug-likeness (QED) is 0.590. The minimum absolute atomic E-state index is 0.167. The number of carbonyl (C=O) groups excluding carboxylic acids is 1. The molecule has 0 spiro atoms. The highest BCUT2D eigenvalue weighted by molar-refractivity contribution is 5.68. The Balaban J connectivity index is 2.32. The van der Waals surface area contributed by atoms with Crippen molar-refractivity contribution in [2.24, 2.45) is 5.73 Å². The summed E-state index contributed by atoms with van der Waals surface area (Å²) in [6.07, 6.45) is 3.24. The molecule has 1 aromatic rings. The Morgan fingerprint density at radius 1 is 1.69 bits per heavy atom.